The molecule has 21 heavy (non-hydrogen) atoms. The summed E-state index contributed by atoms with van der Waals surface area (Å²) in [6.07, 6.45) is 9.70. The van der Waals surface area contributed by atoms with Gasteiger partial charge < -0.3 is 4.42 Å². The SMILES string of the molecule is CCCCCCc1cc2cn(C(C)CCC)c(=O)nc2o1. The van der Waals surface area contributed by atoms with E-state index in [4.69, 9.17) is 4.42 Å². The number of aromatic nitrogens is 2. The van der Waals surface area contributed by atoms with Crippen LogP contribution in [0.5, 0.6) is 0 Å². The van der Waals surface area contributed by atoms with Gasteiger partial charge >= 0.3 is 5.69 Å². The maximum Gasteiger partial charge on any atom is 0.351 e. The van der Waals surface area contributed by atoms with Gasteiger partial charge in [0, 0.05) is 18.7 Å². The van der Waals surface area contributed by atoms with E-state index in [2.05, 4.69) is 25.8 Å². The third kappa shape index (κ3) is 3.96. The van der Waals surface area contributed by atoms with Gasteiger partial charge in [0.15, 0.2) is 0 Å². The van der Waals surface area contributed by atoms with E-state index >= 15 is 0 Å². The topological polar surface area (TPSA) is 48.0 Å². The van der Waals surface area contributed by atoms with Crippen molar-refractivity contribution in [2.45, 2.75) is 71.8 Å². The Hall–Kier alpha value is -1.58. The lowest BCUT2D eigenvalue weighted by Gasteiger charge is -2.12. The third-order valence-electron chi connectivity index (χ3n) is 3.95. The van der Waals surface area contributed by atoms with Gasteiger partial charge in [0.05, 0.1) is 5.39 Å². The van der Waals surface area contributed by atoms with E-state index in [9.17, 15) is 4.79 Å². The zero-order valence-electron chi connectivity index (χ0n) is 13.4. The van der Waals surface area contributed by atoms with Crippen molar-refractivity contribution in [1.29, 1.82) is 0 Å². The standard InChI is InChI=1S/C17H26N2O2/c1-4-6-7-8-10-15-11-14-12-19(13(3)9-5-2)17(20)18-16(14)21-15/h11-13H,4-10H2,1-3H3. The summed E-state index contributed by atoms with van der Waals surface area (Å²) in [6, 6.07) is 2.21. The van der Waals surface area contributed by atoms with Gasteiger partial charge in [-0.3, -0.25) is 4.57 Å². The minimum absolute atomic E-state index is 0.183. The highest BCUT2D eigenvalue weighted by Crippen LogP contribution is 2.20. The van der Waals surface area contributed by atoms with Crippen LogP contribution >= 0.6 is 0 Å². The van der Waals surface area contributed by atoms with Crippen molar-refractivity contribution >= 4 is 11.1 Å². The largest absolute Gasteiger partial charge is 0.443 e. The average molecular weight is 290 g/mol. The Morgan fingerprint density at radius 3 is 2.76 bits per heavy atom. The van der Waals surface area contributed by atoms with Crippen LogP contribution in [0.3, 0.4) is 0 Å². The first kappa shape index (κ1) is 15.8. The molecule has 2 aromatic heterocycles. The lowest BCUT2D eigenvalue weighted by Crippen LogP contribution is -2.24. The van der Waals surface area contributed by atoms with E-state index in [0.717, 1.165) is 36.8 Å². The molecular weight excluding hydrogens is 264 g/mol. The molecule has 0 N–H and O–H groups in total. The van der Waals surface area contributed by atoms with Crippen LogP contribution in [-0.2, 0) is 6.42 Å². The fourth-order valence-electron chi connectivity index (χ4n) is 2.70. The molecule has 2 rings (SSSR count). The fraction of sp³-hybridized carbons (Fsp3) is 0.647. The number of rotatable bonds is 8. The second-order valence-electron chi connectivity index (χ2n) is 5.85. The van der Waals surface area contributed by atoms with Crippen molar-refractivity contribution in [1.82, 2.24) is 9.55 Å². The highest BCUT2D eigenvalue weighted by atomic mass is 16.3. The summed E-state index contributed by atoms with van der Waals surface area (Å²) in [5.74, 6) is 0.939. The van der Waals surface area contributed by atoms with E-state index in [1.165, 1.54) is 19.3 Å². The van der Waals surface area contributed by atoms with E-state index < -0.39 is 0 Å². The molecule has 0 aliphatic heterocycles. The summed E-state index contributed by atoms with van der Waals surface area (Å²) in [5, 5.41) is 0.933. The maximum atomic E-state index is 12.0. The molecule has 0 saturated carbocycles. The number of fused-ring (bicyclic) bond motifs is 1. The summed E-state index contributed by atoms with van der Waals surface area (Å²) in [5.41, 5.74) is 0.265. The molecule has 2 aromatic rings. The molecule has 0 radical (unpaired) electrons. The Balaban J connectivity index is 2.17. The Kier molecular flexibility index (Phi) is 5.59. The van der Waals surface area contributed by atoms with Gasteiger partial charge in [0.25, 0.3) is 0 Å². The van der Waals surface area contributed by atoms with E-state index in [1.807, 2.05) is 12.3 Å². The monoisotopic (exact) mass is 290 g/mol. The Bertz CT molecular complexity index is 627. The molecule has 0 amide bonds. The molecule has 1 unspecified atom stereocenters. The number of furan rings is 1. The molecule has 1 atom stereocenters. The van der Waals surface area contributed by atoms with Crippen LogP contribution in [0.4, 0.5) is 0 Å². The van der Waals surface area contributed by atoms with Crippen molar-refractivity contribution in [3.63, 3.8) is 0 Å². The van der Waals surface area contributed by atoms with Crippen molar-refractivity contribution in [2.24, 2.45) is 0 Å². The zero-order valence-corrected chi connectivity index (χ0v) is 13.4. The molecule has 4 heteroatoms. The summed E-state index contributed by atoms with van der Waals surface area (Å²) >= 11 is 0. The molecule has 116 valence electrons. The quantitative estimate of drug-likeness (QED) is 0.674. The first-order valence-electron chi connectivity index (χ1n) is 8.17. The lowest BCUT2D eigenvalue weighted by molar-refractivity contribution is 0.474. The highest BCUT2D eigenvalue weighted by molar-refractivity contribution is 5.72. The van der Waals surface area contributed by atoms with Gasteiger partial charge in [-0.05, 0) is 25.8 Å². The van der Waals surface area contributed by atoms with Crippen LogP contribution < -0.4 is 5.69 Å². The zero-order chi connectivity index (χ0) is 15.2. The summed E-state index contributed by atoms with van der Waals surface area (Å²) in [6.45, 7) is 6.39. The van der Waals surface area contributed by atoms with Gasteiger partial charge in [0.1, 0.15) is 5.76 Å². The summed E-state index contributed by atoms with van der Waals surface area (Å²) < 4.78 is 7.42. The first-order chi connectivity index (χ1) is 10.2. The number of hydrogen-bond acceptors (Lipinski definition) is 3. The molecule has 0 saturated heterocycles. The Labute approximate surface area is 126 Å². The highest BCUT2D eigenvalue weighted by Gasteiger charge is 2.11. The van der Waals surface area contributed by atoms with Crippen LogP contribution in [0.2, 0.25) is 0 Å². The van der Waals surface area contributed by atoms with Gasteiger partial charge in [-0.15, -0.1) is 0 Å². The predicted octanol–water partition coefficient (Wildman–Crippen LogP) is 4.47. The lowest BCUT2D eigenvalue weighted by atomic mass is 10.1. The second kappa shape index (κ2) is 7.43. The molecule has 2 heterocycles. The maximum absolute atomic E-state index is 12.0. The number of hydrogen-bond donors (Lipinski definition) is 0. The van der Waals surface area contributed by atoms with Crippen LogP contribution in [0.15, 0.2) is 21.5 Å². The summed E-state index contributed by atoms with van der Waals surface area (Å²) in [7, 11) is 0. The number of aryl methyl sites for hydroxylation is 1. The van der Waals surface area contributed by atoms with Gasteiger partial charge in [-0.25, -0.2) is 4.79 Å². The molecule has 0 aliphatic carbocycles. The number of nitrogens with zero attached hydrogens (tertiary/aromatic N) is 2. The second-order valence-corrected chi connectivity index (χ2v) is 5.85. The average Bonchev–Trinajstić information content (AvgIpc) is 2.84. The van der Waals surface area contributed by atoms with Gasteiger partial charge in [0.2, 0.25) is 5.71 Å². The van der Waals surface area contributed by atoms with E-state index in [-0.39, 0.29) is 11.7 Å². The normalized spacial score (nSPS) is 12.9. The fourth-order valence-corrected chi connectivity index (χ4v) is 2.70. The third-order valence-corrected chi connectivity index (χ3v) is 3.95. The van der Waals surface area contributed by atoms with Crippen LogP contribution in [-0.4, -0.2) is 9.55 Å². The Morgan fingerprint density at radius 2 is 2.05 bits per heavy atom. The number of unbranched alkanes of at least 4 members (excludes halogenated alkanes) is 3. The Morgan fingerprint density at radius 1 is 1.24 bits per heavy atom. The molecule has 0 spiro atoms. The van der Waals surface area contributed by atoms with Crippen LogP contribution in [0, 0.1) is 0 Å². The molecule has 0 fully saturated rings. The molecule has 0 aliphatic rings. The van der Waals surface area contributed by atoms with E-state index in [0.29, 0.717) is 5.71 Å². The van der Waals surface area contributed by atoms with Crippen LogP contribution in [0.25, 0.3) is 11.1 Å². The van der Waals surface area contributed by atoms with Crippen molar-refractivity contribution in [3.8, 4) is 0 Å². The first-order valence-corrected chi connectivity index (χ1v) is 8.17. The van der Waals surface area contributed by atoms with E-state index in [1.54, 1.807) is 4.57 Å². The molecule has 0 bridgehead atoms. The minimum Gasteiger partial charge on any atom is -0.443 e. The minimum atomic E-state index is -0.213. The predicted molar refractivity (Wildman–Crippen MR) is 85.7 cm³/mol. The van der Waals surface area contributed by atoms with Crippen LogP contribution in [0.1, 0.15) is 71.1 Å². The summed E-state index contributed by atoms with van der Waals surface area (Å²) in [4.78, 5) is 16.1. The van der Waals surface area contributed by atoms with Crippen molar-refractivity contribution < 1.29 is 4.42 Å². The van der Waals surface area contributed by atoms with Crippen molar-refractivity contribution in [2.75, 3.05) is 0 Å². The smallest absolute Gasteiger partial charge is 0.351 e. The molecule has 4 nitrogen and oxygen atoms in total. The molecular formula is C17H26N2O2. The van der Waals surface area contributed by atoms with Gasteiger partial charge in [-0.1, -0.05) is 39.5 Å². The molecule has 0 aromatic carbocycles. The van der Waals surface area contributed by atoms with Gasteiger partial charge in [-0.2, -0.15) is 4.98 Å². The van der Waals surface area contributed by atoms with Crippen molar-refractivity contribution in [3.05, 3.63) is 28.5 Å².